The van der Waals surface area contributed by atoms with Crippen LogP contribution in [0.2, 0.25) is 0 Å². The van der Waals surface area contributed by atoms with Gasteiger partial charge in [0.15, 0.2) is 0 Å². The zero-order valence-corrected chi connectivity index (χ0v) is 17.0. The molecule has 0 N–H and O–H groups in total. The molecular formula is C24H21FN4O2. The molecule has 2 aromatic heterocycles. The molecule has 0 fully saturated rings. The Labute approximate surface area is 179 Å². The van der Waals surface area contributed by atoms with E-state index in [4.69, 9.17) is 4.52 Å². The molecule has 7 heteroatoms. The number of benzene rings is 2. The second-order valence-electron chi connectivity index (χ2n) is 7.10. The molecule has 31 heavy (non-hydrogen) atoms. The average Bonchev–Trinajstić information content (AvgIpc) is 3.29. The molecule has 0 aliphatic rings. The summed E-state index contributed by atoms with van der Waals surface area (Å²) in [6, 6.07) is 21.0. The number of hydrogen-bond acceptors (Lipinski definition) is 5. The zero-order chi connectivity index (χ0) is 21.6. The predicted molar refractivity (Wildman–Crippen MR) is 113 cm³/mol. The molecule has 4 aromatic rings. The summed E-state index contributed by atoms with van der Waals surface area (Å²) in [5, 5.41) is 3.94. The topological polar surface area (TPSA) is 72.1 Å². The molecule has 2 heterocycles. The minimum atomic E-state index is -0.332. The summed E-state index contributed by atoms with van der Waals surface area (Å²) >= 11 is 0. The maximum atomic E-state index is 13.4. The first-order valence-corrected chi connectivity index (χ1v) is 9.92. The van der Waals surface area contributed by atoms with Gasteiger partial charge in [-0.3, -0.25) is 9.78 Å². The van der Waals surface area contributed by atoms with E-state index in [1.165, 1.54) is 12.1 Å². The molecule has 1 amide bonds. The molecule has 0 saturated heterocycles. The molecule has 4 rings (SSSR count). The monoisotopic (exact) mass is 416 g/mol. The summed E-state index contributed by atoms with van der Waals surface area (Å²) in [6.45, 7) is 0. The molecule has 0 bridgehead atoms. The molecule has 0 saturated carbocycles. The van der Waals surface area contributed by atoms with Gasteiger partial charge < -0.3 is 9.42 Å². The van der Waals surface area contributed by atoms with Crippen molar-refractivity contribution in [2.24, 2.45) is 0 Å². The smallest absolute Gasteiger partial charge is 0.227 e. The average molecular weight is 416 g/mol. The number of carbonyl (C=O) groups is 1. The quantitative estimate of drug-likeness (QED) is 0.445. The highest BCUT2D eigenvalue weighted by molar-refractivity contribution is 5.77. The molecule has 0 spiro atoms. The maximum absolute atomic E-state index is 13.4. The van der Waals surface area contributed by atoms with Gasteiger partial charge in [-0.2, -0.15) is 4.98 Å². The van der Waals surface area contributed by atoms with Gasteiger partial charge in [0, 0.05) is 26.1 Å². The molecule has 1 atom stereocenters. The van der Waals surface area contributed by atoms with Gasteiger partial charge in [0.1, 0.15) is 11.5 Å². The van der Waals surface area contributed by atoms with E-state index in [1.807, 2.05) is 42.5 Å². The molecule has 156 valence electrons. The highest BCUT2D eigenvalue weighted by atomic mass is 19.1. The predicted octanol–water partition coefficient (Wildman–Crippen LogP) is 4.45. The van der Waals surface area contributed by atoms with Crippen molar-refractivity contribution in [3.8, 4) is 11.5 Å². The van der Waals surface area contributed by atoms with Crippen molar-refractivity contribution in [2.45, 2.75) is 18.9 Å². The molecule has 0 aliphatic heterocycles. The Morgan fingerprint density at radius 3 is 2.42 bits per heavy atom. The highest BCUT2D eigenvalue weighted by Crippen LogP contribution is 2.28. The van der Waals surface area contributed by atoms with Crippen molar-refractivity contribution >= 4 is 5.91 Å². The van der Waals surface area contributed by atoms with Crippen LogP contribution in [0.5, 0.6) is 0 Å². The first kappa shape index (κ1) is 20.4. The van der Waals surface area contributed by atoms with E-state index in [1.54, 1.807) is 36.3 Å². The van der Waals surface area contributed by atoms with Crippen molar-refractivity contribution < 1.29 is 13.7 Å². The number of nitrogens with zero attached hydrogens (tertiary/aromatic N) is 4. The molecule has 1 unspecified atom stereocenters. The van der Waals surface area contributed by atoms with E-state index >= 15 is 0 Å². The lowest BCUT2D eigenvalue weighted by Gasteiger charge is -2.29. The Hall–Kier alpha value is -3.87. The third kappa shape index (κ3) is 4.83. The van der Waals surface area contributed by atoms with E-state index in [2.05, 4.69) is 15.1 Å². The van der Waals surface area contributed by atoms with Crippen LogP contribution in [0.1, 0.15) is 29.5 Å². The largest absolute Gasteiger partial charge is 0.339 e. The van der Waals surface area contributed by atoms with Crippen LogP contribution in [0.25, 0.3) is 11.5 Å². The van der Waals surface area contributed by atoms with Crippen LogP contribution in [0.4, 0.5) is 4.39 Å². The van der Waals surface area contributed by atoms with Gasteiger partial charge in [-0.25, -0.2) is 4.39 Å². The van der Waals surface area contributed by atoms with Crippen LogP contribution in [0.3, 0.4) is 0 Å². The number of amides is 1. The van der Waals surface area contributed by atoms with Gasteiger partial charge in [-0.1, -0.05) is 53.7 Å². The second kappa shape index (κ2) is 9.30. The lowest BCUT2D eigenvalue weighted by Crippen LogP contribution is -2.32. The SMILES string of the molecule is CN(C(=O)CCc1nc(-c2ccccn2)no1)C(c1ccccc1)c1ccc(F)cc1. The van der Waals surface area contributed by atoms with E-state index in [0.29, 0.717) is 23.8 Å². The van der Waals surface area contributed by atoms with Gasteiger partial charge >= 0.3 is 0 Å². The third-order valence-corrected chi connectivity index (χ3v) is 5.00. The number of aromatic nitrogens is 3. The highest BCUT2D eigenvalue weighted by Gasteiger charge is 2.24. The van der Waals surface area contributed by atoms with Crippen LogP contribution in [0, 0.1) is 5.82 Å². The minimum absolute atomic E-state index is 0.0873. The van der Waals surface area contributed by atoms with Gasteiger partial charge in [0.05, 0.1) is 6.04 Å². The van der Waals surface area contributed by atoms with Crippen LogP contribution in [0.15, 0.2) is 83.5 Å². The third-order valence-electron chi connectivity index (χ3n) is 5.00. The molecule has 2 aromatic carbocycles. The Morgan fingerprint density at radius 2 is 1.71 bits per heavy atom. The van der Waals surface area contributed by atoms with Crippen LogP contribution >= 0.6 is 0 Å². The maximum Gasteiger partial charge on any atom is 0.227 e. The van der Waals surface area contributed by atoms with Crippen molar-refractivity contribution in [3.05, 3.63) is 102 Å². The van der Waals surface area contributed by atoms with Crippen molar-refractivity contribution in [1.82, 2.24) is 20.0 Å². The van der Waals surface area contributed by atoms with Gasteiger partial charge in [0.2, 0.25) is 17.6 Å². The summed E-state index contributed by atoms with van der Waals surface area (Å²) in [5.41, 5.74) is 2.39. The first-order chi connectivity index (χ1) is 15.1. The summed E-state index contributed by atoms with van der Waals surface area (Å²) in [6.07, 6.45) is 2.17. The van der Waals surface area contributed by atoms with E-state index in [0.717, 1.165) is 11.1 Å². The first-order valence-electron chi connectivity index (χ1n) is 9.92. The van der Waals surface area contributed by atoms with Crippen molar-refractivity contribution in [1.29, 1.82) is 0 Å². The summed E-state index contributed by atoms with van der Waals surface area (Å²) in [7, 11) is 1.75. The normalized spacial score (nSPS) is 11.8. The lowest BCUT2D eigenvalue weighted by molar-refractivity contribution is -0.131. The van der Waals surface area contributed by atoms with Crippen LogP contribution in [-0.4, -0.2) is 33.0 Å². The number of aryl methyl sites for hydroxylation is 1. The Morgan fingerprint density at radius 1 is 1.00 bits per heavy atom. The fourth-order valence-corrected chi connectivity index (χ4v) is 3.41. The van der Waals surface area contributed by atoms with E-state index in [9.17, 15) is 9.18 Å². The van der Waals surface area contributed by atoms with E-state index in [-0.39, 0.29) is 24.2 Å². The van der Waals surface area contributed by atoms with Gasteiger partial charge in [-0.15, -0.1) is 0 Å². The lowest BCUT2D eigenvalue weighted by atomic mass is 9.97. The minimum Gasteiger partial charge on any atom is -0.339 e. The number of carbonyl (C=O) groups excluding carboxylic acids is 1. The van der Waals surface area contributed by atoms with Crippen molar-refractivity contribution in [2.75, 3.05) is 7.05 Å². The summed E-state index contributed by atoms with van der Waals surface area (Å²) in [5.74, 6) is 0.366. The van der Waals surface area contributed by atoms with Gasteiger partial charge in [0.25, 0.3) is 0 Å². The Kier molecular flexibility index (Phi) is 6.12. The van der Waals surface area contributed by atoms with Crippen LogP contribution in [-0.2, 0) is 11.2 Å². The molecule has 6 nitrogen and oxygen atoms in total. The van der Waals surface area contributed by atoms with Gasteiger partial charge in [-0.05, 0) is 35.4 Å². The van der Waals surface area contributed by atoms with Crippen LogP contribution < -0.4 is 0 Å². The fraction of sp³-hybridized carbons (Fsp3) is 0.167. The standard InChI is InChI=1S/C24H21FN4O2/c1-29(23(17-7-3-2-4-8-17)18-10-12-19(25)13-11-18)22(30)15-14-21-27-24(28-31-21)20-9-5-6-16-26-20/h2-13,16,23H,14-15H2,1H3. The summed E-state index contributed by atoms with van der Waals surface area (Å²) in [4.78, 5) is 23.2. The Balaban J connectivity index is 1.48. The Bertz CT molecular complexity index is 1130. The van der Waals surface area contributed by atoms with Crippen molar-refractivity contribution in [3.63, 3.8) is 0 Å². The molecular weight excluding hydrogens is 395 g/mol. The molecule has 0 radical (unpaired) electrons. The number of hydrogen-bond donors (Lipinski definition) is 0. The fourth-order valence-electron chi connectivity index (χ4n) is 3.41. The van der Waals surface area contributed by atoms with E-state index < -0.39 is 0 Å². The number of rotatable bonds is 7. The second-order valence-corrected chi connectivity index (χ2v) is 7.10. The summed E-state index contributed by atoms with van der Waals surface area (Å²) < 4.78 is 18.7. The number of pyridine rings is 1. The number of halogens is 1. The molecule has 0 aliphatic carbocycles. The zero-order valence-electron chi connectivity index (χ0n) is 17.0.